The third kappa shape index (κ3) is 12.0. The van der Waals surface area contributed by atoms with E-state index in [-0.39, 0.29) is 69.2 Å². The van der Waals surface area contributed by atoms with E-state index >= 15 is 0 Å². The molecule has 0 bridgehead atoms. The molecule has 1 aromatic heterocycles. The largest absolute Gasteiger partial charge is 0.494 e. The van der Waals surface area contributed by atoms with Crippen LogP contribution < -0.4 is 25.4 Å². The number of aliphatic hydroxyl groups excluding tert-OH is 1. The molecule has 1 aliphatic carbocycles. The molecule has 356 valence electrons. The number of nitrogens with one attached hydrogen (secondary N) is 3. The molecule has 1 saturated carbocycles. The molecule has 4 N–H and O–H groups in total. The Bertz CT molecular complexity index is 2480. The van der Waals surface area contributed by atoms with Crippen molar-refractivity contribution in [3.8, 4) is 28.0 Å². The fourth-order valence-electron chi connectivity index (χ4n) is 9.36. The van der Waals surface area contributed by atoms with E-state index in [1.54, 1.807) is 59.3 Å². The van der Waals surface area contributed by atoms with Gasteiger partial charge in [0.25, 0.3) is 5.91 Å². The number of ketones is 1. The van der Waals surface area contributed by atoms with E-state index in [2.05, 4.69) is 20.9 Å². The molecule has 0 unspecified atom stereocenters. The molecule has 16 heteroatoms. The van der Waals surface area contributed by atoms with Crippen LogP contribution in [-0.2, 0) is 25.7 Å². The number of Topliss-reactive ketones (excluding diaryl/α,β-unsaturated/α-hetero) is 1. The number of halogens is 1. The van der Waals surface area contributed by atoms with Gasteiger partial charge >= 0.3 is 0 Å². The van der Waals surface area contributed by atoms with Crippen LogP contribution in [0.5, 0.6) is 11.5 Å². The summed E-state index contributed by atoms with van der Waals surface area (Å²) in [4.78, 5) is 73.5. The van der Waals surface area contributed by atoms with Crippen molar-refractivity contribution >= 4 is 52.3 Å². The normalized spacial score (nSPS) is 19.9. The van der Waals surface area contributed by atoms with Crippen molar-refractivity contribution in [2.75, 3.05) is 13.2 Å². The predicted octanol–water partition coefficient (Wildman–Crippen LogP) is 7.57. The van der Waals surface area contributed by atoms with Crippen molar-refractivity contribution < 1.29 is 38.6 Å². The van der Waals surface area contributed by atoms with Gasteiger partial charge in [0.15, 0.2) is 0 Å². The predicted molar refractivity (Wildman–Crippen MR) is 256 cm³/mol. The van der Waals surface area contributed by atoms with Gasteiger partial charge in [-0.05, 0) is 66.3 Å². The number of aryl methyl sites for hydroxylation is 1. The number of benzene rings is 3. The number of nitriles is 1. The molecule has 6 rings (SSSR count). The zero-order chi connectivity index (χ0) is 48.8. The van der Waals surface area contributed by atoms with Crippen LogP contribution in [0.1, 0.15) is 108 Å². The van der Waals surface area contributed by atoms with Gasteiger partial charge in [-0.15, -0.1) is 11.3 Å². The molecule has 2 fully saturated rings. The average Bonchev–Trinajstić information content (AvgIpc) is 3.91. The van der Waals surface area contributed by atoms with Crippen LogP contribution in [0.3, 0.4) is 0 Å². The zero-order valence-corrected chi connectivity index (χ0v) is 41.0. The Kier molecular flexibility index (Phi) is 15.9. The van der Waals surface area contributed by atoms with Crippen LogP contribution in [0.25, 0.3) is 10.4 Å². The topological polar surface area (TPSA) is 200 Å². The van der Waals surface area contributed by atoms with E-state index in [9.17, 15) is 34.3 Å². The summed E-state index contributed by atoms with van der Waals surface area (Å²) in [6.07, 6.45) is -0.612. The summed E-state index contributed by atoms with van der Waals surface area (Å²) in [6.45, 7) is 16.0. The van der Waals surface area contributed by atoms with Crippen molar-refractivity contribution in [1.29, 1.82) is 5.26 Å². The number of ether oxygens (including phenoxy) is 2. The van der Waals surface area contributed by atoms with Gasteiger partial charge in [0.1, 0.15) is 41.5 Å². The van der Waals surface area contributed by atoms with Crippen LogP contribution in [0.2, 0.25) is 5.02 Å². The molecule has 0 radical (unpaired) electrons. The number of nitrogens with zero attached hydrogens (tertiary/aromatic N) is 3. The third-order valence-corrected chi connectivity index (χ3v) is 14.0. The third-order valence-electron chi connectivity index (χ3n) is 12.8. The highest BCUT2D eigenvalue weighted by atomic mass is 35.5. The Morgan fingerprint density at radius 1 is 0.970 bits per heavy atom. The van der Waals surface area contributed by atoms with Gasteiger partial charge in [-0.25, -0.2) is 4.98 Å². The van der Waals surface area contributed by atoms with Gasteiger partial charge in [0.05, 0.1) is 39.4 Å². The highest BCUT2D eigenvalue weighted by Gasteiger charge is 2.64. The first kappa shape index (κ1) is 50.6. The average molecular weight is 954 g/mol. The number of aromatic nitrogens is 1. The lowest BCUT2D eigenvalue weighted by Crippen LogP contribution is -2.74. The molecular weight excluding hydrogens is 892 g/mol. The lowest BCUT2D eigenvalue weighted by Gasteiger charge is -2.63. The second-order valence-electron chi connectivity index (χ2n) is 19.8. The number of aliphatic hydroxyl groups is 1. The summed E-state index contributed by atoms with van der Waals surface area (Å²) < 4.78 is 12.2. The molecule has 14 nitrogen and oxygen atoms in total. The summed E-state index contributed by atoms with van der Waals surface area (Å²) in [5, 5.41) is 29.0. The molecule has 2 aliphatic rings. The minimum Gasteiger partial charge on any atom is -0.494 e. The van der Waals surface area contributed by atoms with Gasteiger partial charge in [-0.2, -0.15) is 5.26 Å². The van der Waals surface area contributed by atoms with E-state index in [0.717, 1.165) is 21.7 Å². The SMILES string of the molecule is Cc1ncsc1-c1ccc(CNC(=O)[C@@H]2C[C@@H](O)CN2C(=O)[C@@H](NC(=O)CCC(=O)CCCOc2ccc(C(=O)NC3C(C)(C)C(Oc4ccc(C#N)c(Cl)c4)C3(C)C)cc2)C(C)(C)C)cc1. The first-order valence-electron chi connectivity index (χ1n) is 22.6. The van der Waals surface area contributed by atoms with Crippen molar-refractivity contribution in [2.45, 2.75) is 124 Å². The number of likely N-dealkylation sites (tertiary alicyclic amines) is 1. The molecular formula is C51H61ClN6O8S. The highest BCUT2D eigenvalue weighted by molar-refractivity contribution is 7.13. The smallest absolute Gasteiger partial charge is 0.251 e. The maximum Gasteiger partial charge on any atom is 0.251 e. The minimum absolute atomic E-state index is 0.0236. The Morgan fingerprint density at radius 2 is 1.64 bits per heavy atom. The number of carbonyl (C=O) groups excluding carboxylic acids is 5. The minimum atomic E-state index is -1.00. The molecule has 3 atom stereocenters. The van der Waals surface area contributed by atoms with Gasteiger partial charge in [0, 0.05) is 67.3 Å². The highest BCUT2D eigenvalue weighted by Crippen LogP contribution is 2.55. The first-order valence-corrected chi connectivity index (χ1v) is 23.8. The lowest BCUT2D eigenvalue weighted by atomic mass is 9.49. The van der Waals surface area contributed by atoms with Crippen LogP contribution in [-0.4, -0.2) is 87.9 Å². The molecule has 0 spiro atoms. The first-order chi connectivity index (χ1) is 31.6. The number of thiazole rings is 1. The fraction of sp³-hybridized carbons (Fsp3) is 0.471. The van der Waals surface area contributed by atoms with Crippen molar-refractivity contribution in [2.24, 2.45) is 16.2 Å². The summed E-state index contributed by atoms with van der Waals surface area (Å²) in [7, 11) is 0. The molecule has 4 amide bonds. The van der Waals surface area contributed by atoms with Gasteiger partial charge in [0.2, 0.25) is 17.7 Å². The Morgan fingerprint density at radius 3 is 2.25 bits per heavy atom. The number of β-amino-alcohol motifs (C(OH)–C–C–N with tert-alkyl or cyclic N) is 1. The number of hydrogen-bond acceptors (Lipinski definition) is 11. The summed E-state index contributed by atoms with van der Waals surface area (Å²) in [5.41, 5.74) is 3.93. The number of carbonyl (C=O) groups is 5. The number of rotatable bonds is 18. The Balaban J connectivity index is 0.914. The van der Waals surface area contributed by atoms with E-state index in [1.165, 1.54) is 4.90 Å². The Hall–Kier alpha value is -5.82. The van der Waals surface area contributed by atoms with Crippen LogP contribution >= 0.6 is 22.9 Å². The van der Waals surface area contributed by atoms with Crippen LogP contribution in [0, 0.1) is 34.5 Å². The zero-order valence-electron chi connectivity index (χ0n) is 39.4. The summed E-state index contributed by atoms with van der Waals surface area (Å²) >= 11 is 7.79. The van der Waals surface area contributed by atoms with Crippen LogP contribution in [0.4, 0.5) is 0 Å². The molecule has 4 aromatic rings. The molecule has 2 heterocycles. The van der Waals surface area contributed by atoms with E-state index in [0.29, 0.717) is 34.1 Å². The molecule has 1 aliphatic heterocycles. The van der Waals surface area contributed by atoms with Crippen molar-refractivity contribution in [3.05, 3.63) is 99.6 Å². The number of hydrogen-bond donors (Lipinski definition) is 4. The second kappa shape index (κ2) is 21.0. The second-order valence-corrected chi connectivity index (χ2v) is 21.0. The van der Waals surface area contributed by atoms with Gasteiger partial charge < -0.3 is 35.4 Å². The standard InChI is InChI=1S/C51H61ClN6O8S/c1-30-42(67-29-55-30)32-13-11-31(12-14-32)27-54-45(63)40-24-36(60)28-58(40)46(64)43(49(2,3)4)56-41(61)22-18-35(59)10-9-23-65-37-19-15-33(16-20-37)44(62)57-47-50(5,6)48(51(47,7)8)66-38-21-17-34(26-53)39(52)25-38/h11-17,19-21,25,29,36,40,43,47-48,60H,9-10,18,22-24,27-28H2,1-8H3,(H,54,63)(H,56,61)(H,57,62)/t36-,40+,43-,47?,48?/m1/s1. The number of amides is 4. The van der Waals surface area contributed by atoms with Gasteiger partial charge in [-0.3, -0.25) is 24.0 Å². The Labute approximate surface area is 401 Å². The van der Waals surface area contributed by atoms with Crippen molar-refractivity contribution in [3.63, 3.8) is 0 Å². The monoisotopic (exact) mass is 952 g/mol. The van der Waals surface area contributed by atoms with E-state index in [1.807, 2.05) is 85.7 Å². The molecule has 67 heavy (non-hydrogen) atoms. The van der Waals surface area contributed by atoms with Gasteiger partial charge in [-0.1, -0.05) is 84.3 Å². The maximum atomic E-state index is 14.0. The summed E-state index contributed by atoms with van der Waals surface area (Å²) in [5.74, 6) is -0.606. The summed E-state index contributed by atoms with van der Waals surface area (Å²) in [6, 6.07) is 19.5. The van der Waals surface area contributed by atoms with Crippen LogP contribution in [0.15, 0.2) is 72.2 Å². The van der Waals surface area contributed by atoms with E-state index in [4.69, 9.17) is 21.1 Å². The molecule has 1 saturated heterocycles. The lowest BCUT2D eigenvalue weighted by molar-refractivity contribution is -0.164. The maximum absolute atomic E-state index is 14.0. The quantitative estimate of drug-likeness (QED) is 0.0722. The van der Waals surface area contributed by atoms with Crippen molar-refractivity contribution in [1.82, 2.24) is 25.8 Å². The molecule has 3 aromatic carbocycles. The van der Waals surface area contributed by atoms with E-state index < -0.39 is 52.2 Å². The fourth-order valence-corrected chi connectivity index (χ4v) is 10.4.